The van der Waals surface area contributed by atoms with Crippen LogP contribution in [-0.4, -0.2) is 24.0 Å². The minimum Gasteiger partial charge on any atom is -0.473 e. The molecule has 2 aromatic carbocycles. The molecule has 5 nitrogen and oxygen atoms in total. The largest absolute Gasteiger partial charge is 0.473 e. The highest BCUT2D eigenvalue weighted by Gasteiger charge is 2.07. The van der Waals surface area contributed by atoms with E-state index >= 15 is 0 Å². The maximum atomic E-state index is 12.3. The minimum atomic E-state index is -0.123. The lowest BCUT2D eigenvalue weighted by Crippen LogP contribution is -2.25. The average molecular weight is 361 g/mol. The molecule has 2 N–H and O–H groups in total. The van der Waals surface area contributed by atoms with E-state index in [2.05, 4.69) is 15.6 Å². The molecule has 3 aromatic rings. The molecule has 0 saturated heterocycles. The van der Waals surface area contributed by atoms with Crippen molar-refractivity contribution in [2.75, 3.05) is 18.4 Å². The molecule has 0 spiro atoms. The Kier molecular flexibility index (Phi) is 6.81. The third-order valence-electron chi connectivity index (χ3n) is 3.97. The topological polar surface area (TPSA) is 63.2 Å². The number of carbonyl (C=O) groups excluding carboxylic acids is 1. The summed E-state index contributed by atoms with van der Waals surface area (Å²) in [5.74, 6) is 0.318. The normalized spacial score (nSPS) is 10.2. The van der Waals surface area contributed by atoms with Crippen LogP contribution in [0.3, 0.4) is 0 Å². The number of amides is 1. The quantitative estimate of drug-likeness (QED) is 0.568. The lowest BCUT2D eigenvalue weighted by molar-refractivity contribution is 0.0953. The molecular weight excluding hydrogens is 338 g/mol. The smallest absolute Gasteiger partial charge is 0.251 e. The van der Waals surface area contributed by atoms with Gasteiger partial charge in [-0.05, 0) is 30.2 Å². The van der Waals surface area contributed by atoms with Crippen molar-refractivity contribution in [2.24, 2.45) is 0 Å². The summed E-state index contributed by atoms with van der Waals surface area (Å²) in [6, 6.07) is 23.2. The van der Waals surface area contributed by atoms with Crippen molar-refractivity contribution in [1.82, 2.24) is 10.3 Å². The number of benzene rings is 2. The standard InChI is InChI=1S/C22H23N3O2/c26-22(25-14-7-13-23-20-10-5-2-6-11-20)19-12-15-24-21(16-19)27-17-18-8-3-1-4-9-18/h1-6,8-12,15-16,23H,7,13-14,17H2,(H,25,26). The van der Waals surface area contributed by atoms with Crippen molar-refractivity contribution in [1.29, 1.82) is 0 Å². The van der Waals surface area contributed by atoms with Gasteiger partial charge in [-0.15, -0.1) is 0 Å². The van der Waals surface area contributed by atoms with Crippen LogP contribution in [0, 0.1) is 0 Å². The molecule has 138 valence electrons. The third kappa shape index (κ3) is 6.15. The van der Waals surface area contributed by atoms with Crippen LogP contribution in [0.5, 0.6) is 5.88 Å². The zero-order valence-corrected chi connectivity index (χ0v) is 15.1. The number of hydrogen-bond acceptors (Lipinski definition) is 4. The van der Waals surface area contributed by atoms with E-state index in [1.165, 1.54) is 0 Å². The molecule has 0 atom stereocenters. The number of carbonyl (C=O) groups is 1. The number of nitrogens with zero attached hydrogens (tertiary/aromatic N) is 1. The number of rotatable bonds is 9. The van der Waals surface area contributed by atoms with E-state index in [0.717, 1.165) is 24.2 Å². The van der Waals surface area contributed by atoms with Crippen LogP contribution < -0.4 is 15.4 Å². The van der Waals surface area contributed by atoms with Crippen molar-refractivity contribution in [2.45, 2.75) is 13.0 Å². The number of nitrogens with one attached hydrogen (secondary N) is 2. The van der Waals surface area contributed by atoms with Crippen LogP contribution in [0.4, 0.5) is 5.69 Å². The molecule has 0 aliphatic heterocycles. The fourth-order valence-corrected chi connectivity index (χ4v) is 2.54. The Morgan fingerprint density at radius 1 is 0.926 bits per heavy atom. The van der Waals surface area contributed by atoms with Gasteiger partial charge in [0, 0.05) is 36.6 Å². The number of para-hydroxylation sites is 1. The number of ether oxygens (including phenoxy) is 1. The lowest BCUT2D eigenvalue weighted by atomic mass is 10.2. The molecule has 0 aliphatic carbocycles. The molecule has 5 heteroatoms. The maximum Gasteiger partial charge on any atom is 0.251 e. The first-order valence-electron chi connectivity index (χ1n) is 9.01. The summed E-state index contributed by atoms with van der Waals surface area (Å²) in [5.41, 5.74) is 2.68. The zero-order valence-electron chi connectivity index (χ0n) is 15.1. The Balaban J connectivity index is 1.41. The van der Waals surface area contributed by atoms with Crippen LogP contribution >= 0.6 is 0 Å². The minimum absolute atomic E-state index is 0.123. The van der Waals surface area contributed by atoms with E-state index in [1.54, 1.807) is 18.3 Å². The van der Waals surface area contributed by atoms with E-state index in [1.807, 2.05) is 60.7 Å². The molecule has 0 aliphatic rings. The summed E-state index contributed by atoms with van der Waals surface area (Å²) < 4.78 is 5.67. The molecule has 27 heavy (non-hydrogen) atoms. The summed E-state index contributed by atoms with van der Waals surface area (Å²) in [6.45, 7) is 1.82. The third-order valence-corrected chi connectivity index (χ3v) is 3.97. The molecule has 1 aromatic heterocycles. The first-order valence-corrected chi connectivity index (χ1v) is 9.01. The van der Waals surface area contributed by atoms with Crippen LogP contribution in [0.1, 0.15) is 22.3 Å². The average Bonchev–Trinajstić information content (AvgIpc) is 2.73. The van der Waals surface area contributed by atoms with E-state index < -0.39 is 0 Å². The molecule has 0 radical (unpaired) electrons. The predicted octanol–water partition coefficient (Wildman–Crippen LogP) is 3.89. The van der Waals surface area contributed by atoms with Gasteiger partial charge in [-0.3, -0.25) is 4.79 Å². The van der Waals surface area contributed by atoms with E-state index in [4.69, 9.17) is 4.74 Å². The Hall–Kier alpha value is -3.34. The van der Waals surface area contributed by atoms with Gasteiger partial charge in [0.2, 0.25) is 5.88 Å². The summed E-state index contributed by atoms with van der Waals surface area (Å²) in [5, 5.41) is 6.24. The van der Waals surface area contributed by atoms with Crippen LogP contribution in [-0.2, 0) is 6.61 Å². The highest BCUT2D eigenvalue weighted by molar-refractivity contribution is 5.94. The summed E-state index contributed by atoms with van der Waals surface area (Å²) in [7, 11) is 0. The monoisotopic (exact) mass is 361 g/mol. The van der Waals surface area contributed by atoms with Gasteiger partial charge in [0.25, 0.3) is 5.91 Å². The molecule has 0 unspecified atom stereocenters. The van der Waals surface area contributed by atoms with E-state index in [9.17, 15) is 4.79 Å². The molecule has 1 amide bonds. The molecule has 3 rings (SSSR count). The van der Waals surface area contributed by atoms with Crippen molar-refractivity contribution in [3.8, 4) is 5.88 Å². The predicted molar refractivity (Wildman–Crippen MR) is 107 cm³/mol. The Morgan fingerprint density at radius 3 is 2.44 bits per heavy atom. The fourth-order valence-electron chi connectivity index (χ4n) is 2.54. The number of anilines is 1. The van der Waals surface area contributed by atoms with Crippen molar-refractivity contribution >= 4 is 11.6 Å². The molecule has 0 fully saturated rings. The maximum absolute atomic E-state index is 12.3. The number of pyridine rings is 1. The second-order valence-corrected chi connectivity index (χ2v) is 6.06. The van der Waals surface area contributed by atoms with E-state index in [-0.39, 0.29) is 5.91 Å². The zero-order chi connectivity index (χ0) is 18.7. The van der Waals surface area contributed by atoms with E-state index in [0.29, 0.717) is 24.6 Å². The number of aromatic nitrogens is 1. The van der Waals surface area contributed by atoms with Crippen LogP contribution in [0.2, 0.25) is 0 Å². The first kappa shape index (κ1) is 18.5. The molecule has 0 bridgehead atoms. The second kappa shape index (κ2) is 9.97. The second-order valence-electron chi connectivity index (χ2n) is 6.06. The van der Waals surface area contributed by atoms with Gasteiger partial charge in [-0.25, -0.2) is 4.98 Å². The van der Waals surface area contributed by atoms with Gasteiger partial charge in [0.15, 0.2) is 0 Å². The lowest BCUT2D eigenvalue weighted by Gasteiger charge is -2.09. The summed E-state index contributed by atoms with van der Waals surface area (Å²) in [6.07, 6.45) is 2.43. The van der Waals surface area contributed by atoms with Gasteiger partial charge in [0.1, 0.15) is 6.61 Å². The Bertz CT molecular complexity index is 838. The molecule has 0 saturated carbocycles. The Labute approximate surface area is 159 Å². The fraction of sp³-hybridized carbons (Fsp3) is 0.182. The van der Waals surface area contributed by atoms with Gasteiger partial charge < -0.3 is 15.4 Å². The van der Waals surface area contributed by atoms with Crippen molar-refractivity contribution in [3.63, 3.8) is 0 Å². The van der Waals surface area contributed by atoms with Crippen molar-refractivity contribution < 1.29 is 9.53 Å². The van der Waals surface area contributed by atoms with Gasteiger partial charge >= 0.3 is 0 Å². The van der Waals surface area contributed by atoms with Crippen LogP contribution in [0.15, 0.2) is 79.0 Å². The van der Waals surface area contributed by atoms with Gasteiger partial charge in [-0.2, -0.15) is 0 Å². The SMILES string of the molecule is O=C(NCCCNc1ccccc1)c1ccnc(OCc2ccccc2)c1. The first-order chi connectivity index (χ1) is 13.3. The highest BCUT2D eigenvalue weighted by Crippen LogP contribution is 2.12. The van der Waals surface area contributed by atoms with Gasteiger partial charge in [-0.1, -0.05) is 48.5 Å². The van der Waals surface area contributed by atoms with Crippen LogP contribution in [0.25, 0.3) is 0 Å². The van der Waals surface area contributed by atoms with Crippen molar-refractivity contribution in [3.05, 3.63) is 90.1 Å². The molecular formula is C22H23N3O2. The number of hydrogen-bond donors (Lipinski definition) is 2. The molecule has 1 heterocycles. The highest BCUT2D eigenvalue weighted by atomic mass is 16.5. The summed E-state index contributed by atoms with van der Waals surface area (Å²) in [4.78, 5) is 16.5. The van der Waals surface area contributed by atoms with Gasteiger partial charge in [0.05, 0.1) is 0 Å². The Morgan fingerprint density at radius 2 is 1.67 bits per heavy atom. The summed E-state index contributed by atoms with van der Waals surface area (Å²) >= 11 is 0.